The maximum absolute atomic E-state index is 12.7. The van der Waals surface area contributed by atoms with Gasteiger partial charge in [-0.25, -0.2) is 4.39 Å². The van der Waals surface area contributed by atoms with Crippen LogP contribution in [0.3, 0.4) is 0 Å². The Morgan fingerprint density at radius 2 is 2.00 bits per heavy atom. The van der Waals surface area contributed by atoms with E-state index in [1.807, 2.05) is 0 Å². The molecule has 2 aromatic rings. The van der Waals surface area contributed by atoms with E-state index in [1.54, 1.807) is 25.1 Å². The standard InChI is InChI=1S/C15H11FN2O2/c1-10-2-7-14(20-10)8-11(9-17)15(19)18-13-5-3-12(16)4-6-13/h2-8H,1H3,(H,18,19)/b11-8+. The van der Waals surface area contributed by atoms with E-state index in [-0.39, 0.29) is 5.57 Å². The van der Waals surface area contributed by atoms with Gasteiger partial charge in [-0.3, -0.25) is 4.79 Å². The number of hydrogen-bond acceptors (Lipinski definition) is 3. The van der Waals surface area contributed by atoms with Gasteiger partial charge >= 0.3 is 0 Å². The summed E-state index contributed by atoms with van der Waals surface area (Å²) in [6, 6.07) is 10.5. The summed E-state index contributed by atoms with van der Waals surface area (Å²) in [5, 5.41) is 11.5. The third-order valence-corrected chi connectivity index (χ3v) is 2.51. The predicted molar refractivity (Wildman–Crippen MR) is 72.1 cm³/mol. The van der Waals surface area contributed by atoms with Crippen molar-refractivity contribution in [2.24, 2.45) is 0 Å². The molecule has 1 amide bonds. The molecule has 0 aliphatic heterocycles. The molecule has 0 aliphatic rings. The van der Waals surface area contributed by atoms with Crippen molar-refractivity contribution < 1.29 is 13.6 Å². The maximum atomic E-state index is 12.7. The van der Waals surface area contributed by atoms with E-state index < -0.39 is 11.7 Å². The SMILES string of the molecule is Cc1ccc(/C=C(\C#N)C(=O)Nc2ccc(F)cc2)o1. The molecule has 0 radical (unpaired) electrons. The van der Waals surface area contributed by atoms with Crippen molar-refractivity contribution >= 4 is 17.7 Å². The van der Waals surface area contributed by atoms with Crippen molar-refractivity contribution in [3.63, 3.8) is 0 Å². The van der Waals surface area contributed by atoms with Crippen LogP contribution in [0.2, 0.25) is 0 Å². The van der Waals surface area contributed by atoms with E-state index in [1.165, 1.54) is 30.3 Å². The monoisotopic (exact) mass is 270 g/mol. The van der Waals surface area contributed by atoms with Gasteiger partial charge in [-0.15, -0.1) is 0 Å². The summed E-state index contributed by atoms with van der Waals surface area (Å²) in [6.45, 7) is 1.77. The van der Waals surface area contributed by atoms with Crippen LogP contribution in [0.1, 0.15) is 11.5 Å². The molecule has 0 atom stereocenters. The molecule has 0 spiro atoms. The summed E-state index contributed by atoms with van der Waals surface area (Å²) in [4.78, 5) is 11.9. The first kappa shape index (κ1) is 13.6. The van der Waals surface area contributed by atoms with Crippen molar-refractivity contribution in [2.75, 3.05) is 5.32 Å². The van der Waals surface area contributed by atoms with Crippen molar-refractivity contribution in [3.8, 4) is 6.07 Å². The van der Waals surface area contributed by atoms with Gasteiger partial charge in [0.15, 0.2) is 0 Å². The van der Waals surface area contributed by atoms with Crippen LogP contribution < -0.4 is 5.32 Å². The summed E-state index contributed by atoms with van der Waals surface area (Å²) < 4.78 is 18.0. The first-order valence-corrected chi connectivity index (χ1v) is 5.83. The second-order valence-electron chi connectivity index (χ2n) is 4.08. The smallest absolute Gasteiger partial charge is 0.266 e. The second-order valence-corrected chi connectivity index (χ2v) is 4.08. The molecule has 0 saturated heterocycles. The molecular weight excluding hydrogens is 259 g/mol. The second kappa shape index (κ2) is 5.85. The molecule has 2 rings (SSSR count). The molecular formula is C15H11FN2O2. The molecule has 1 aromatic heterocycles. The van der Waals surface area contributed by atoms with Gasteiger partial charge in [0, 0.05) is 11.8 Å². The third kappa shape index (κ3) is 3.33. The minimum Gasteiger partial charge on any atom is -0.462 e. The fraction of sp³-hybridized carbons (Fsp3) is 0.0667. The summed E-state index contributed by atoms with van der Waals surface area (Å²) >= 11 is 0. The Balaban J connectivity index is 2.16. The van der Waals surface area contributed by atoms with Crippen molar-refractivity contribution in [1.82, 2.24) is 0 Å². The Hall–Kier alpha value is -2.87. The van der Waals surface area contributed by atoms with Crippen LogP contribution in [0, 0.1) is 24.1 Å². The molecule has 5 heteroatoms. The average Bonchev–Trinajstić information content (AvgIpc) is 2.84. The lowest BCUT2D eigenvalue weighted by atomic mass is 10.2. The number of hydrogen-bond donors (Lipinski definition) is 1. The summed E-state index contributed by atoms with van der Waals surface area (Å²) in [5.41, 5.74) is 0.317. The number of anilines is 1. The molecule has 1 N–H and O–H groups in total. The zero-order valence-electron chi connectivity index (χ0n) is 10.7. The first-order chi connectivity index (χ1) is 9.58. The number of nitrogens with zero attached hydrogens (tertiary/aromatic N) is 1. The van der Waals surface area contributed by atoms with Crippen molar-refractivity contribution in [1.29, 1.82) is 5.26 Å². The minimum atomic E-state index is -0.576. The number of nitrogens with one attached hydrogen (secondary N) is 1. The molecule has 4 nitrogen and oxygen atoms in total. The van der Waals surface area contributed by atoms with Gasteiger partial charge in [-0.05, 0) is 43.3 Å². The van der Waals surface area contributed by atoms with Crippen molar-refractivity contribution in [3.05, 3.63) is 59.3 Å². The minimum absolute atomic E-state index is 0.0938. The van der Waals surface area contributed by atoms with Gasteiger partial charge < -0.3 is 9.73 Å². The van der Waals surface area contributed by atoms with E-state index in [0.29, 0.717) is 17.2 Å². The van der Waals surface area contributed by atoms with Crippen LogP contribution >= 0.6 is 0 Å². The average molecular weight is 270 g/mol. The van der Waals surface area contributed by atoms with Gasteiger partial charge in [-0.2, -0.15) is 5.26 Å². The summed E-state index contributed by atoms with van der Waals surface area (Å²) in [6.07, 6.45) is 1.35. The third-order valence-electron chi connectivity index (χ3n) is 2.51. The number of aryl methyl sites for hydroxylation is 1. The number of benzene rings is 1. The Kier molecular flexibility index (Phi) is 3.96. The number of carbonyl (C=O) groups excluding carboxylic acids is 1. The van der Waals surface area contributed by atoms with Crippen LogP contribution in [-0.2, 0) is 4.79 Å². The molecule has 0 unspecified atom stereocenters. The molecule has 0 fully saturated rings. The van der Waals surface area contributed by atoms with E-state index in [4.69, 9.17) is 9.68 Å². The van der Waals surface area contributed by atoms with Crippen LogP contribution in [-0.4, -0.2) is 5.91 Å². The maximum Gasteiger partial charge on any atom is 0.266 e. The molecule has 1 heterocycles. The van der Waals surface area contributed by atoms with Crippen LogP contribution in [0.15, 0.2) is 46.4 Å². The Labute approximate surface area is 115 Å². The topological polar surface area (TPSA) is 66.0 Å². The fourth-order valence-electron chi connectivity index (χ4n) is 1.55. The van der Waals surface area contributed by atoms with Gasteiger partial charge in [0.25, 0.3) is 5.91 Å². The number of nitriles is 1. The number of amides is 1. The highest BCUT2D eigenvalue weighted by Gasteiger charge is 2.10. The molecule has 0 aliphatic carbocycles. The molecule has 0 bridgehead atoms. The lowest BCUT2D eigenvalue weighted by Gasteiger charge is -2.03. The van der Waals surface area contributed by atoms with E-state index in [9.17, 15) is 9.18 Å². The van der Waals surface area contributed by atoms with Crippen LogP contribution in [0.5, 0.6) is 0 Å². The highest BCUT2D eigenvalue weighted by Crippen LogP contribution is 2.13. The van der Waals surface area contributed by atoms with Crippen LogP contribution in [0.4, 0.5) is 10.1 Å². The Morgan fingerprint density at radius 1 is 1.30 bits per heavy atom. The largest absolute Gasteiger partial charge is 0.462 e. The van der Waals surface area contributed by atoms with Crippen molar-refractivity contribution in [2.45, 2.75) is 6.92 Å². The highest BCUT2D eigenvalue weighted by atomic mass is 19.1. The van der Waals surface area contributed by atoms with Gasteiger partial charge in [0.2, 0.25) is 0 Å². The number of halogens is 1. The first-order valence-electron chi connectivity index (χ1n) is 5.83. The lowest BCUT2D eigenvalue weighted by molar-refractivity contribution is -0.112. The zero-order chi connectivity index (χ0) is 14.5. The van der Waals surface area contributed by atoms with Gasteiger partial charge in [0.05, 0.1) is 0 Å². The molecule has 0 saturated carbocycles. The van der Waals surface area contributed by atoms with Gasteiger partial charge in [0.1, 0.15) is 29.0 Å². The van der Waals surface area contributed by atoms with E-state index in [0.717, 1.165) is 0 Å². The Bertz CT molecular complexity index is 693. The lowest BCUT2D eigenvalue weighted by Crippen LogP contribution is -2.13. The number of carbonyl (C=O) groups is 1. The van der Waals surface area contributed by atoms with E-state index in [2.05, 4.69) is 5.32 Å². The highest BCUT2D eigenvalue weighted by molar-refractivity contribution is 6.09. The Morgan fingerprint density at radius 3 is 2.55 bits per heavy atom. The predicted octanol–water partition coefficient (Wildman–Crippen LogP) is 3.27. The zero-order valence-corrected chi connectivity index (χ0v) is 10.7. The normalized spacial score (nSPS) is 10.9. The fourth-order valence-corrected chi connectivity index (χ4v) is 1.55. The molecule has 20 heavy (non-hydrogen) atoms. The molecule has 100 valence electrons. The number of rotatable bonds is 3. The van der Waals surface area contributed by atoms with Crippen LogP contribution in [0.25, 0.3) is 6.08 Å². The van der Waals surface area contributed by atoms with E-state index >= 15 is 0 Å². The number of furan rings is 1. The quantitative estimate of drug-likeness (QED) is 0.687. The molecule has 1 aromatic carbocycles. The van der Waals surface area contributed by atoms with Gasteiger partial charge in [-0.1, -0.05) is 0 Å². The summed E-state index contributed by atoms with van der Waals surface area (Å²) in [7, 11) is 0. The summed E-state index contributed by atoms with van der Waals surface area (Å²) in [5.74, 6) is 0.138.